The number of rotatable bonds is 6. The van der Waals surface area contributed by atoms with Crippen LogP contribution in [0.15, 0.2) is 0 Å². The molecule has 0 saturated heterocycles. The van der Waals surface area contributed by atoms with Gasteiger partial charge in [0.25, 0.3) is 0 Å². The lowest BCUT2D eigenvalue weighted by Gasteiger charge is -2.10. The summed E-state index contributed by atoms with van der Waals surface area (Å²) in [4.78, 5) is 21.6. The number of Topliss-reactive ketones (excluding diaryl/α,β-unsaturated/α-hetero) is 1. The highest BCUT2D eigenvalue weighted by atomic mass is 16.2. The molecule has 0 fully saturated rings. The number of hydrogen-bond donors (Lipinski definition) is 1. The molecule has 3 nitrogen and oxygen atoms in total. The standard InChI is InChI=1S/C10H19NO2/c1-4-5-8(2)7-11-10(13)6-9(3)12/h8H,4-7H2,1-3H3,(H,11,13). The molecular weight excluding hydrogens is 166 g/mol. The molecular formula is C10H19NO2. The molecule has 0 aromatic carbocycles. The van der Waals surface area contributed by atoms with Crippen LogP contribution in [-0.2, 0) is 9.59 Å². The lowest BCUT2D eigenvalue weighted by atomic mass is 10.1. The number of hydrogen-bond acceptors (Lipinski definition) is 2. The quantitative estimate of drug-likeness (QED) is 0.638. The van der Waals surface area contributed by atoms with Gasteiger partial charge in [-0.3, -0.25) is 9.59 Å². The molecule has 0 heterocycles. The number of nitrogens with one attached hydrogen (secondary N) is 1. The summed E-state index contributed by atoms with van der Waals surface area (Å²) in [6, 6.07) is 0. The number of carbonyl (C=O) groups is 2. The Morgan fingerprint density at radius 3 is 2.46 bits per heavy atom. The monoisotopic (exact) mass is 185 g/mol. The van der Waals surface area contributed by atoms with Gasteiger partial charge >= 0.3 is 0 Å². The average Bonchev–Trinajstić information content (AvgIpc) is 2.00. The first-order valence-electron chi connectivity index (χ1n) is 4.82. The Morgan fingerprint density at radius 1 is 1.38 bits per heavy atom. The summed E-state index contributed by atoms with van der Waals surface area (Å²) in [7, 11) is 0. The maximum atomic E-state index is 11.0. The van der Waals surface area contributed by atoms with Gasteiger partial charge < -0.3 is 5.32 Å². The summed E-state index contributed by atoms with van der Waals surface area (Å²) >= 11 is 0. The van der Waals surface area contributed by atoms with Crippen LogP contribution in [0.2, 0.25) is 0 Å². The van der Waals surface area contributed by atoms with Crippen LogP contribution < -0.4 is 5.32 Å². The zero-order chi connectivity index (χ0) is 10.3. The topological polar surface area (TPSA) is 46.2 Å². The largest absolute Gasteiger partial charge is 0.355 e. The van der Waals surface area contributed by atoms with Crippen LogP contribution in [0.4, 0.5) is 0 Å². The van der Waals surface area contributed by atoms with Gasteiger partial charge in [0.1, 0.15) is 5.78 Å². The van der Waals surface area contributed by atoms with E-state index in [-0.39, 0.29) is 18.1 Å². The van der Waals surface area contributed by atoms with Gasteiger partial charge in [-0.15, -0.1) is 0 Å². The minimum Gasteiger partial charge on any atom is -0.355 e. The zero-order valence-corrected chi connectivity index (χ0v) is 8.72. The van der Waals surface area contributed by atoms with E-state index in [9.17, 15) is 9.59 Å². The maximum Gasteiger partial charge on any atom is 0.227 e. The van der Waals surface area contributed by atoms with Gasteiger partial charge in [0.15, 0.2) is 0 Å². The molecule has 0 aliphatic carbocycles. The van der Waals surface area contributed by atoms with E-state index in [0.29, 0.717) is 12.5 Å². The molecule has 76 valence electrons. The van der Waals surface area contributed by atoms with Crippen molar-refractivity contribution < 1.29 is 9.59 Å². The lowest BCUT2D eigenvalue weighted by molar-refractivity contribution is -0.127. The number of amides is 1. The molecule has 1 amide bonds. The van der Waals surface area contributed by atoms with Crippen LogP contribution in [0.5, 0.6) is 0 Å². The van der Waals surface area contributed by atoms with Crippen LogP contribution >= 0.6 is 0 Å². The lowest BCUT2D eigenvalue weighted by Crippen LogP contribution is -2.29. The van der Waals surface area contributed by atoms with E-state index < -0.39 is 0 Å². The van der Waals surface area contributed by atoms with E-state index in [1.165, 1.54) is 6.92 Å². The molecule has 1 unspecified atom stereocenters. The SMILES string of the molecule is CCCC(C)CNC(=O)CC(C)=O. The van der Waals surface area contributed by atoms with Crippen molar-refractivity contribution in [2.45, 2.75) is 40.0 Å². The van der Waals surface area contributed by atoms with Crippen molar-refractivity contribution in [3.63, 3.8) is 0 Å². The molecule has 0 aromatic rings. The second-order valence-electron chi connectivity index (χ2n) is 3.58. The van der Waals surface area contributed by atoms with Crippen molar-refractivity contribution >= 4 is 11.7 Å². The summed E-state index contributed by atoms with van der Waals surface area (Å²) in [6.07, 6.45) is 2.25. The van der Waals surface area contributed by atoms with E-state index >= 15 is 0 Å². The highest BCUT2D eigenvalue weighted by Crippen LogP contribution is 2.02. The van der Waals surface area contributed by atoms with Crippen LogP contribution in [-0.4, -0.2) is 18.2 Å². The Kier molecular flexibility index (Phi) is 6.20. The average molecular weight is 185 g/mol. The second-order valence-corrected chi connectivity index (χ2v) is 3.58. The van der Waals surface area contributed by atoms with Crippen molar-refractivity contribution in [1.82, 2.24) is 5.32 Å². The molecule has 0 aromatic heterocycles. The maximum absolute atomic E-state index is 11.0. The summed E-state index contributed by atoms with van der Waals surface area (Å²) < 4.78 is 0. The summed E-state index contributed by atoms with van der Waals surface area (Å²) in [5, 5.41) is 2.74. The van der Waals surface area contributed by atoms with Crippen molar-refractivity contribution in [2.24, 2.45) is 5.92 Å². The van der Waals surface area contributed by atoms with Crippen molar-refractivity contribution in [3.05, 3.63) is 0 Å². The molecule has 0 spiro atoms. The van der Waals surface area contributed by atoms with Crippen LogP contribution in [0, 0.1) is 5.92 Å². The smallest absolute Gasteiger partial charge is 0.227 e. The third kappa shape index (κ3) is 7.50. The molecule has 1 N–H and O–H groups in total. The Bertz CT molecular complexity index is 178. The van der Waals surface area contributed by atoms with Crippen molar-refractivity contribution in [1.29, 1.82) is 0 Å². The van der Waals surface area contributed by atoms with Gasteiger partial charge in [-0.25, -0.2) is 0 Å². The highest BCUT2D eigenvalue weighted by Gasteiger charge is 2.06. The first-order chi connectivity index (χ1) is 6.06. The first-order valence-corrected chi connectivity index (χ1v) is 4.82. The normalized spacial score (nSPS) is 12.2. The van der Waals surface area contributed by atoms with Gasteiger partial charge in [-0.1, -0.05) is 20.3 Å². The minimum absolute atomic E-state index is 0.0127. The van der Waals surface area contributed by atoms with Gasteiger partial charge in [-0.05, 0) is 19.3 Å². The Hall–Kier alpha value is -0.860. The summed E-state index contributed by atoms with van der Waals surface area (Å²) in [5.74, 6) is 0.261. The Labute approximate surface area is 79.9 Å². The highest BCUT2D eigenvalue weighted by molar-refractivity contribution is 5.96. The Balaban J connectivity index is 3.51. The first kappa shape index (κ1) is 12.1. The van der Waals surface area contributed by atoms with Crippen molar-refractivity contribution in [3.8, 4) is 0 Å². The molecule has 0 rings (SSSR count). The fourth-order valence-corrected chi connectivity index (χ4v) is 1.17. The molecule has 0 aliphatic heterocycles. The van der Waals surface area contributed by atoms with Crippen LogP contribution in [0.3, 0.4) is 0 Å². The molecule has 0 saturated carbocycles. The van der Waals surface area contributed by atoms with Crippen molar-refractivity contribution in [2.75, 3.05) is 6.54 Å². The predicted molar refractivity (Wildman–Crippen MR) is 52.4 cm³/mol. The van der Waals surface area contributed by atoms with E-state index in [4.69, 9.17) is 0 Å². The molecule has 3 heteroatoms. The molecule has 13 heavy (non-hydrogen) atoms. The van der Waals surface area contributed by atoms with Crippen LogP contribution in [0.1, 0.15) is 40.0 Å². The van der Waals surface area contributed by atoms with E-state index in [1.807, 2.05) is 0 Å². The number of ketones is 1. The molecule has 0 bridgehead atoms. The Morgan fingerprint density at radius 2 is 2.00 bits per heavy atom. The molecule has 0 radical (unpaired) electrons. The van der Waals surface area contributed by atoms with E-state index in [2.05, 4.69) is 19.2 Å². The fourth-order valence-electron chi connectivity index (χ4n) is 1.17. The third-order valence-electron chi connectivity index (χ3n) is 1.84. The summed E-state index contributed by atoms with van der Waals surface area (Å²) in [6.45, 7) is 6.32. The molecule has 1 atom stereocenters. The van der Waals surface area contributed by atoms with E-state index in [0.717, 1.165) is 12.8 Å². The van der Waals surface area contributed by atoms with Gasteiger partial charge in [0.2, 0.25) is 5.91 Å². The third-order valence-corrected chi connectivity index (χ3v) is 1.84. The van der Waals surface area contributed by atoms with Gasteiger partial charge in [-0.2, -0.15) is 0 Å². The number of carbonyl (C=O) groups excluding carboxylic acids is 2. The van der Waals surface area contributed by atoms with E-state index in [1.54, 1.807) is 0 Å². The summed E-state index contributed by atoms with van der Waals surface area (Å²) in [5.41, 5.74) is 0. The predicted octanol–water partition coefficient (Wildman–Crippen LogP) is 1.52. The second kappa shape index (κ2) is 6.63. The van der Waals surface area contributed by atoms with Gasteiger partial charge in [0.05, 0.1) is 6.42 Å². The van der Waals surface area contributed by atoms with Gasteiger partial charge in [0, 0.05) is 6.54 Å². The zero-order valence-electron chi connectivity index (χ0n) is 8.72. The fraction of sp³-hybridized carbons (Fsp3) is 0.800. The van der Waals surface area contributed by atoms with Crippen LogP contribution in [0.25, 0.3) is 0 Å². The molecule has 0 aliphatic rings. The minimum atomic E-state index is -0.157.